The van der Waals surface area contributed by atoms with E-state index in [9.17, 15) is 13.2 Å². The second-order valence-corrected chi connectivity index (χ2v) is 2.74. The monoisotopic (exact) mass is 154 g/mol. The first kappa shape index (κ1) is 7.85. The van der Waals surface area contributed by atoms with E-state index in [0.717, 1.165) is 12.8 Å². The fourth-order valence-electron chi connectivity index (χ4n) is 0.803. The average molecular weight is 154 g/mol. The fraction of sp³-hybridized carbons (Fsp3) is 1.00. The fourth-order valence-corrected chi connectivity index (χ4v) is 0.803. The molecule has 0 heterocycles. The lowest BCUT2D eigenvalue weighted by Gasteiger charge is -2.12. The van der Waals surface area contributed by atoms with Gasteiger partial charge < -0.3 is 5.11 Å². The molecule has 1 saturated carbocycles. The van der Waals surface area contributed by atoms with Crippen LogP contribution in [0.25, 0.3) is 0 Å². The van der Waals surface area contributed by atoms with E-state index in [2.05, 4.69) is 0 Å². The molecule has 1 aliphatic carbocycles. The van der Waals surface area contributed by atoms with E-state index < -0.39 is 12.3 Å². The highest BCUT2D eigenvalue weighted by molar-refractivity contribution is 4.79. The molecule has 0 saturated heterocycles. The van der Waals surface area contributed by atoms with Crippen molar-refractivity contribution >= 4 is 0 Å². The van der Waals surface area contributed by atoms with Crippen LogP contribution in [0.5, 0.6) is 0 Å². The highest BCUT2D eigenvalue weighted by atomic mass is 19.4. The number of halogens is 3. The molecular weight excluding hydrogens is 145 g/mol. The zero-order valence-corrected chi connectivity index (χ0v) is 5.36. The second kappa shape index (κ2) is 2.42. The lowest BCUT2D eigenvalue weighted by Crippen LogP contribution is -2.28. The molecule has 0 amide bonds. The highest BCUT2D eigenvalue weighted by Crippen LogP contribution is 2.37. The summed E-state index contributed by atoms with van der Waals surface area (Å²) in [7, 11) is 0. The molecule has 4 heteroatoms. The molecule has 10 heavy (non-hydrogen) atoms. The first-order valence-corrected chi connectivity index (χ1v) is 3.25. The summed E-state index contributed by atoms with van der Waals surface area (Å²) in [6, 6.07) is 0. The Morgan fingerprint density at radius 1 is 1.40 bits per heavy atom. The van der Waals surface area contributed by atoms with Gasteiger partial charge in [0.2, 0.25) is 0 Å². The number of alkyl halides is 3. The Labute approximate surface area is 56.8 Å². The van der Waals surface area contributed by atoms with Gasteiger partial charge in [-0.2, -0.15) is 13.2 Å². The van der Waals surface area contributed by atoms with Crippen molar-refractivity contribution in [3.8, 4) is 0 Å². The molecule has 0 aromatic rings. The van der Waals surface area contributed by atoms with Crippen molar-refractivity contribution in [2.24, 2.45) is 5.92 Å². The number of aliphatic hydroxyl groups excluding tert-OH is 1. The van der Waals surface area contributed by atoms with E-state index >= 15 is 0 Å². The van der Waals surface area contributed by atoms with Gasteiger partial charge in [-0.25, -0.2) is 0 Å². The van der Waals surface area contributed by atoms with Gasteiger partial charge in [0, 0.05) is 0 Å². The van der Waals surface area contributed by atoms with Crippen molar-refractivity contribution in [1.29, 1.82) is 0 Å². The quantitative estimate of drug-likeness (QED) is 0.641. The van der Waals surface area contributed by atoms with Crippen LogP contribution in [0.3, 0.4) is 0 Å². The zero-order valence-electron chi connectivity index (χ0n) is 5.36. The van der Waals surface area contributed by atoms with E-state index in [0.29, 0.717) is 0 Å². The van der Waals surface area contributed by atoms with Gasteiger partial charge in [0.1, 0.15) is 6.10 Å². The molecule has 1 nitrogen and oxygen atoms in total. The topological polar surface area (TPSA) is 20.2 Å². The van der Waals surface area contributed by atoms with Crippen molar-refractivity contribution in [2.45, 2.75) is 31.5 Å². The minimum Gasteiger partial charge on any atom is -0.384 e. The Kier molecular flexibility index (Phi) is 1.90. The van der Waals surface area contributed by atoms with Gasteiger partial charge in [0.15, 0.2) is 0 Å². The maximum absolute atomic E-state index is 11.6. The van der Waals surface area contributed by atoms with Gasteiger partial charge in [-0.3, -0.25) is 0 Å². The molecule has 1 unspecified atom stereocenters. The summed E-state index contributed by atoms with van der Waals surface area (Å²) in [5.74, 6) is 0.122. The van der Waals surface area contributed by atoms with Crippen LogP contribution < -0.4 is 0 Å². The van der Waals surface area contributed by atoms with Gasteiger partial charge >= 0.3 is 6.18 Å². The van der Waals surface area contributed by atoms with Gasteiger partial charge in [-0.15, -0.1) is 0 Å². The third kappa shape index (κ3) is 2.17. The van der Waals surface area contributed by atoms with E-state index in [1.807, 2.05) is 0 Å². The lowest BCUT2D eigenvalue weighted by molar-refractivity contribution is -0.206. The number of rotatable bonds is 2. The van der Waals surface area contributed by atoms with Gasteiger partial charge in [-0.05, 0) is 12.3 Å². The van der Waals surface area contributed by atoms with Gasteiger partial charge in [-0.1, -0.05) is 12.8 Å². The molecule has 1 atom stereocenters. The van der Waals surface area contributed by atoms with Crippen LogP contribution in [0, 0.1) is 5.92 Å². The Morgan fingerprint density at radius 3 is 2.20 bits per heavy atom. The van der Waals surface area contributed by atoms with Crippen molar-refractivity contribution in [1.82, 2.24) is 0 Å². The molecule has 0 bridgehead atoms. The molecule has 1 rings (SSSR count). The summed E-state index contributed by atoms with van der Waals surface area (Å²) in [5.41, 5.74) is 0. The first-order chi connectivity index (χ1) is 4.50. The summed E-state index contributed by atoms with van der Waals surface area (Å²) in [5, 5.41) is 8.47. The normalized spacial score (nSPS) is 22.8. The minimum atomic E-state index is -4.41. The summed E-state index contributed by atoms with van der Waals surface area (Å²) in [6.07, 6.45) is -4.94. The predicted octanol–water partition coefficient (Wildman–Crippen LogP) is 1.71. The van der Waals surface area contributed by atoms with Crippen molar-refractivity contribution in [2.75, 3.05) is 0 Å². The van der Waals surface area contributed by atoms with Gasteiger partial charge in [0.25, 0.3) is 0 Å². The Balaban J connectivity index is 2.25. The van der Waals surface area contributed by atoms with E-state index in [-0.39, 0.29) is 12.3 Å². The molecule has 1 fully saturated rings. The highest BCUT2D eigenvalue weighted by Gasteiger charge is 2.41. The Morgan fingerprint density at radius 2 is 1.90 bits per heavy atom. The number of aliphatic hydroxyl groups is 1. The third-order valence-electron chi connectivity index (χ3n) is 1.63. The third-order valence-corrected chi connectivity index (χ3v) is 1.63. The SMILES string of the molecule is OC(CC1CC1)C(F)(F)F. The summed E-state index contributed by atoms with van der Waals surface area (Å²) in [6.45, 7) is 0. The van der Waals surface area contributed by atoms with Gasteiger partial charge in [0.05, 0.1) is 0 Å². The largest absolute Gasteiger partial charge is 0.414 e. The molecular formula is C6H9F3O. The van der Waals surface area contributed by atoms with E-state index in [1.54, 1.807) is 0 Å². The molecule has 1 aliphatic rings. The smallest absolute Gasteiger partial charge is 0.384 e. The van der Waals surface area contributed by atoms with Crippen molar-refractivity contribution in [3.05, 3.63) is 0 Å². The van der Waals surface area contributed by atoms with Crippen LogP contribution in [-0.2, 0) is 0 Å². The second-order valence-electron chi connectivity index (χ2n) is 2.74. The maximum Gasteiger partial charge on any atom is 0.414 e. The lowest BCUT2D eigenvalue weighted by atomic mass is 10.2. The Bertz CT molecular complexity index is 117. The van der Waals surface area contributed by atoms with Crippen molar-refractivity contribution < 1.29 is 18.3 Å². The average Bonchev–Trinajstić information content (AvgIpc) is 2.47. The first-order valence-electron chi connectivity index (χ1n) is 3.25. The van der Waals surface area contributed by atoms with Crippen LogP contribution in [0.15, 0.2) is 0 Å². The number of hydrogen-bond acceptors (Lipinski definition) is 1. The molecule has 0 spiro atoms. The minimum absolute atomic E-state index is 0.108. The summed E-state index contributed by atoms with van der Waals surface area (Å²) in [4.78, 5) is 0. The molecule has 60 valence electrons. The molecule has 0 radical (unpaired) electrons. The van der Waals surface area contributed by atoms with Crippen LogP contribution in [0.1, 0.15) is 19.3 Å². The van der Waals surface area contributed by atoms with Crippen LogP contribution in [0.2, 0.25) is 0 Å². The maximum atomic E-state index is 11.6. The number of hydrogen-bond donors (Lipinski definition) is 1. The zero-order chi connectivity index (χ0) is 7.78. The van der Waals surface area contributed by atoms with Crippen LogP contribution in [-0.4, -0.2) is 17.4 Å². The van der Waals surface area contributed by atoms with Crippen LogP contribution >= 0.6 is 0 Å². The molecule has 0 aliphatic heterocycles. The van der Waals surface area contributed by atoms with Crippen LogP contribution in [0.4, 0.5) is 13.2 Å². The predicted molar refractivity (Wildman–Crippen MR) is 29.4 cm³/mol. The van der Waals surface area contributed by atoms with Crippen molar-refractivity contribution in [3.63, 3.8) is 0 Å². The molecule has 1 N–H and O–H groups in total. The Hall–Kier alpha value is -0.250. The molecule has 0 aromatic carbocycles. The van der Waals surface area contributed by atoms with E-state index in [1.165, 1.54) is 0 Å². The standard InChI is InChI=1S/C6H9F3O/c7-6(8,9)5(10)3-4-1-2-4/h4-5,10H,1-3H2. The summed E-state index contributed by atoms with van der Waals surface area (Å²) < 4.78 is 34.8. The molecule has 0 aromatic heterocycles. The van der Waals surface area contributed by atoms with E-state index in [4.69, 9.17) is 5.11 Å². The summed E-state index contributed by atoms with van der Waals surface area (Å²) >= 11 is 0.